The van der Waals surface area contributed by atoms with Crippen LogP contribution >= 0.6 is 0 Å². The third-order valence-corrected chi connectivity index (χ3v) is 3.27. The maximum Gasteiger partial charge on any atom is 0.274 e. The van der Waals surface area contributed by atoms with Crippen LogP contribution in [-0.2, 0) is 4.74 Å². The van der Waals surface area contributed by atoms with E-state index in [4.69, 9.17) is 4.74 Å². The molecule has 2 heterocycles. The van der Waals surface area contributed by atoms with Crippen molar-refractivity contribution in [1.82, 2.24) is 14.9 Å². The number of aromatic nitrogens is 2. The number of morpholine rings is 1. The average Bonchev–Trinajstić information content (AvgIpc) is 2.56. The molecule has 0 atom stereocenters. The number of carbonyl (C=O) groups is 1. The fourth-order valence-electron chi connectivity index (χ4n) is 2.15. The third-order valence-electron chi connectivity index (χ3n) is 3.27. The fraction of sp³-hybridized carbons (Fsp3) is 0.267. The van der Waals surface area contributed by atoms with Crippen molar-refractivity contribution in [2.24, 2.45) is 0 Å². The maximum atomic E-state index is 13.1. The molecule has 1 N–H and O–H groups in total. The van der Waals surface area contributed by atoms with Gasteiger partial charge in [-0.2, -0.15) is 0 Å². The van der Waals surface area contributed by atoms with Gasteiger partial charge in [-0.15, -0.1) is 0 Å². The van der Waals surface area contributed by atoms with Crippen molar-refractivity contribution in [3.63, 3.8) is 0 Å². The van der Waals surface area contributed by atoms with E-state index >= 15 is 0 Å². The molecule has 1 aliphatic heterocycles. The molecule has 1 amide bonds. The van der Waals surface area contributed by atoms with Crippen LogP contribution in [0.25, 0.3) is 0 Å². The zero-order chi connectivity index (χ0) is 15.4. The molecule has 1 fully saturated rings. The van der Waals surface area contributed by atoms with Gasteiger partial charge in [0, 0.05) is 18.8 Å². The Balaban J connectivity index is 1.68. The number of nitrogens with one attached hydrogen (secondary N) is 1. The second-order valence-electron chi connectivity index (χ2n) is 4.83. The first-order valence-corrected chi connectivity index (χ1v) is 6.94. The number of ether oxygens (including phenoxy) is 1. The molecule has 2 aromatic rings. The van der Waals surface area contributed by atoms with Gasteiger partial charge >= 0.3 is 0 Å². The third kappa shape index (κ3) is 3.37. The highest BCUT2D eigenvalue weighted by Crippen LogP contribution is 2.15. The average molecular weight is 302 g/mol. The molecule has 0 saturated carbocycles. The lowest BCUT2D eigenvalue weighted by Gasteiger charge is -2.26. The second-order valence-corrected chi connectivity index (χ2v) is 4.83. The summed E-state index contributed by atoms with van der Waals surface area (Å²) >= 11 is 0. The molecule has 1 aliphatic rings. The molecule has 114 valence electrons. The smallest absolute Gasteiger partial charge is 0.274 e. The van der Waals surface area contributed by atoms with Crippen LogP contribution in [0, 0.1) is 5.82 Å². The Labute approximate surface area is 126 Å². The van der Waals surface area contributed by atoms with Gasteiger partial charge in [0.15, 0.2) is 0 Å². The standard InChI is InChI=1S/C15H15FN4O2/c16-11-2-1-3-12(8-11)19-14-10-17-13(9-18-14)15(21)20-4-6-22-7-5-20/h1-3,8-10H,4-7H2,(H,18,19). The van der Waals surface area contributed by atoms with Crippen LogP contribution in [-0.4, -0.2) is 47.1 Å². The molecule has 1 aromatic heterocycles. The van der Waals surface area contributed by atoms with Gasteiger partial charge in [-0.05, 0) is 18.2 Å². The van der Waals surface area contributed by atoms with E-state index in [1.54, 1.807) is 17.0 Å². The Morgan fingerprint density at radius 3 is 2.73 bits per heavy atom. The number of nitrogens with zero attached hydrogens (tertiary/aromatic N) is 3. The van der Waals surface area contributed by atoms with Crippen LogP contribution in [0.15, 0.2) is 36.7 Å². The Kier molecular flexibility index (Phi) is 4.24. The minimum atomic E-state index is -0.336. The molecule has 3 rings (SSSR count). The van der Waals surface area contributed by atoms with Gasteiger partial charge in [-0.1, -0.05) is 6.07 Å². The predicted molar refractivity (Wildman–Crippen MR) is 78.4 cm³/mol. The van der Waals surface area contributed by atoms with Crippen LogP contribution in [0.5, 0.6) is 0 Å². The van der Waals surface area contributed by atoms with Crippen LogP contribution in [0.3, 0.4) is 0 Å². The summed E-state index contributed by atoms with van der Waals surface area (Å²) in [4.78, 5) is 22.2. The van der Waals surface area contributed by atoms with Crippen molar-refractivity contribution < 1.29 is 13.9 Å². The summed E-state index contributed by atoms with van der Waals surface area (Å²) in [5.41, 5.74) is 0.855. The Morgan fingerprint density at radius 1 is 1.23 bits per heavy atom. The number of amides is 1. The topological polar surface area (TPSA) is 67.4 Å². The molecule has 0 aliphatic carbocycles. The summed E-state index contributed by atoms with van der Waals surface area (Å²) in [7, 11) is 0. The van der Waals surface area contributed by atoms with Gasteiger partial charge in [0.1, 0.15) is 17.3 Å². The largest absolute Gasteiger partial charge is 0.378 e. The Hall–Kier alpha value is -2.54. The van der Waals surface area contributed by atoms with E-state index in [-0.39, 0.29) is 17.4 Å². The Morgan fingerprint density at radius 2 is 2.05 bits per heavy atom. The zero-order valence-corrected chi connectivity index (χ0v) is 11.8. The molecule has 0 radical (unpaired) electrons. The normalized spacial score (nSPS) is 14.7. The second kappa shape index (κ2) is 6.48. The fourth-order valence-corrected chi connectivity index (χ4v) is 2.15. The van der Waals surface area contributed by atoms with Crippen LogP contribution in [0.2, 0.25) is 0 Å². The number of benzene rings is 1. The first-order valence-electron chi connectivity index (χ1n) is 6.94. The van der Waals surface area contributed by atoms with Crippen LogP contribution in [0.1, 0.15) is 10.5 Å². The highest BCUT2D eigenvalue weighted by molar-refractivity contribution is 5.92. The maximum absolute atomic E-state index is 13.1. The molecular formula is C15H15FN4O2. The van der Waals surface area contributed by atoms with Gasteiger partial charge in [-0.25, -0.2) is 14.4 Å². The van der Waals surface area contributed by atoms with Crippen molar-refractivity contribution in [2.45, 2.75) is 0 Å². The monoisotopic (exact) mass is 302 g/mol. The molecule has 0 bridgehead atoms. The van der Waals surface area contributed by atoms with Crippen molar-refractivity contribution in [2.75, 3.05) is 31.6 Å². The van der Waals surface area contributed by atoms with E-state index in [0.29, 0.717) is 37.8 Å². The molecule has 1 aromatic carbocycles. The van der Waals surface area contributed by atoms with Gasteiger partial charge in [0.05, 0.1) is 25.6 Å². The van der Waals surface area contributed by atoms with Gasteiger partial charge < -0.3 is 15.0 Å². The van der Waals surface area contributed by atoms with E-state index in [2.05, 4.69) is 15.3 Å². The number of hydrogen-bond donors (Lipinski definition) is 1. The zero-order valence-electron chi connectivity index (χ0n) is 11.8. The first-order chi connectivity index (χ1) is 10.7. The van der Waals surface area contributed by atoms with Crippen molar-refractivity contribution >= 4 is 17.4 Å². The molecule has 6 nitrogen and oxygen atoms in total. The van der Waals surface area contributed by atoms with Crippen LogP contribution < -0.4 is 5.32 Å². The van der Waals surface area contributed by atoms with E-state index in [0.717, 1.165) is 0 Å². The summed E-state index contributed by atoms with van der Waals surface area (Å²) in [6.45, 7) is 2.20. The lowest BCUT2D eigenvalue weighted by Crippen LogP contribution is -2.41. The number of hydrogen-bond acceptors (Lipinski definition) is 5. The van der Waals surface area contributed by atoms with Crippen molar-refractivity contribution in [1.29, 1.82) is 0 Å². The lowest BCUT2D eigenvalue weighted by atomic mass is 10.3. The van der Waals surface area contributed by atoms with Crippen molar-refractivity contribution in [3.8, 4) is 0 Å². The predicted octanol–water partition coefficient (Wildman–Crippen LogP) is 1.83. The van der Waals surface area contributed by atoms with Crippen LogP contribution in [0.4, 0.5) is 15.9 Å². The summed E-state index contributed by atoms with van der Waals surface area (Å²) in [6, 6.07) is 6.04. The molecule has 22 heavy (non-hydrogen) atoms. The number of rotatable bonds is 3. The summed E-state index contributed by atoms with van der Waals surface area (Å²) in [5, 5.41) is 2.93. The molecule has 7 heteroatoms. The molecular weight excluding hydrogens is 287 g/mol. The van der Waals surface area contributed by atoms with Gasteiger partial charge in [0.2, 0.25) is 0 Å². The first kappa shape index (κ1) is 14.4. The van der Waals surface area contributed by atoms with E-state index in [1.807, 2.05) is 0 Å². The minimum Gasteiger partial charge on any atom is -0.378 e. The molecule has 0 unspecified atom stereocenters. The number of carbonyl (C=O) groups excluding carboxylic acids is 1. The quantitative estimate of drug-likeness (QED) is 0.937. The SMILES string of the molecule is O=C(c1cnc(Nc2cccc(F)c2)cn1)N1CCOCC1. The molecule has 0 spiro atoms. The van der Waals surface area contributed by atoms with Crippen molar-refractivity contribution in [3.05, 3.63) is 48.2 Å². The van der Waals surface area contributed by atoms with Gasteiger partial charge in [-0.3, -0.25) is 4.79 Å². The van der Waals surface area contributed by atoms with E-state index in [9.17, 15) is 9.18 Å². The Bertz CT molecular complexity index is 657. The lowest BCUT2D eigenvalue weighted by molar-refractivity contribution is 0.0298. The highest BCUT2D eigenvalue weighted by atomic mass is 19.1. The molecule has 1 saturated heterocycles. The summed E-state index contributed by atoms with van der Waals surface area (Å²) in [6.07, 6.45) is 2.87. The van der Waals surface area contributed by atoms with E-state index in [1.165, 1.54) is 24.5 Å². The van der Waals surface area contributed by atoms with Gasteiger partial charge in [0.25, 0.3) is 5.91 Å². The number of halogens is 1. The van der Waals surface area contributed by atoms with E-state index < -0.39 is 0 Å². The summed E-state index contributed by atoms with van der Waals surface area (Å²) in [5.74, 6) is -0.0469. The number of anilines is 2. The highest BCUT2D eigenvalue weighted by Gasteiger charge is 2.19. The summed E-state index contributed by atoms with van der Waals surface area (Å²) < 4.78 is 18.3. The minimum absolute atomic E-state index is 0.159.